The van der Waals surface area contributed by atoms with E-state index in [0.717, 1.165) is 0 Å². The van der Waals surface area contributed by atoms with Crippen LogP contribution in [-0.4, -0.2) is 51.3 Å². The molecule has 0 aromatic carbocycles. The first-order valence-corrected chi connectivity index (χ1v) is 6.18. The summed E-state index contributed by atoms with van der Waals surface area (Å²) in [5, 5.41) is 19.2. The van der Waals surface area contributed by atoms with Crippen molar-refractivity contribution in [1.29, 1.82) is 0 Å². The standard InChI is InChI=1S/C13H18N2O3/c16-10-13(18)5-3-8-15(9-6-13)12(17)11-4-1-2-7-14-11/h1-2,4,7,16,18H,3,5-6,8-10H2/t13-/m0/s1. The molecule has 98 valence electrons. The minimum absolute atomic E-state index is 0.113. The molecule has 2 rings (SSSR count). The van der Waals surface area contributed by atoms with E-state index in [0.29, 0.717) is 38.0 Å². The molecule has 1 aliphatic rings. The highest BCUT2D eigenvalue weighted by Crippen LogP contribution is 2.22. The van der Waals surface area contributed by atoms with Gasteiger partial charge in [-0.15, -0.1) is 0 Å². The van der Waals surface area contributed by atoms with Crippen LogP contribution in [0.25, 0.3) is 0 Å². The van der Waals surface area contributed by atoms with Crippen LogP contribution in [0.15, 0.2) is 24.4 Å². The molecule has 1 aliphatic heterocycles. The fourth-order valence-electron chi connectivity index (χ4n) is 2.19. The Balaban J connectivity index is 2.05. The summed E-state index contributed by atoms with van der Waals surface area (Å²) in [6.07, 6.45) is 3.21. The lowest BCUT2D eigenvalue weighted by atomic mass is 9.96. The van der Waals surface area contributed by atoms with Gasteiger partial charge in [-0.3, -0.25) is 9.78 Å². The van der Waals surface area contributed by atoms with Crippen LogP contribution in [0.4, 0.5) is 0 Å². The Hall–Kier alpha value is -1.46. The van der Waals surface area contributed by atoms with Crippen molar-refractivity contribution in [2.75, 3.05) is 19.7 Å². The third kappa shape index (κ3) is 2.86. The van der Waals surface area contributed by atoms with Crippen molar-refractivity contribution in [2.45, 2.75) is 24.9 Å². The molecular weight excluding hydrogens is 232 g/mol. The molecule has 1 amide bonds. The highest BCUT2D eigenvalue weighted by Gasteiger charge is 2.31. The Labute approximate surface area is 106 Å². The topological polar surface area (TPSA) is 73.7 Å². The van der Waals surface area contributed by atoms with E-state index in [-0.39, 0.29) is 12.5 Å². The van der Waals surface area contributed by atoms with Crippen molar-refractivity contribution in [1.82, 2.24) is 9.88 Å². The van der Waals surface area contributed by atoms with Crippen molar-refractivity contribution in [3.63, 3.8) is 0 Å². The summed E-state index contributed by atoms with van der Waals surface area (Å²) in [4.78, 5) is 17.9. The van der Waals surface area contributed by atoms with E-state index >= 15 is 0 Å². The lowest BCUT2D eigenvalue weighted by molar-refractivity contribution is -0.0250. The highest BCUT2D eigenvalue weighted by atomic mass is 16.3. The number of likely N-dealkylation sites (tertiary alicyclic amines) is 1. The Morgan fingerprint density at radius 2 is 2.22 bits per heavy atom. The summed E-state index contributed by atoms with van der Waals surface area (Å²) < 4.78 is 0. The summed E-state index contributed by atoms with van der Waals surface area (Å²) in [7, 11) is 0. The summed E-state index contributed by atoms with van der Waals surface area (Å²) in [6.45, 7) is 0.794. The van der Waals surface area contributed by atoms with Gasteiger partial charge in [0, 0.05) is 19.3 Å². The van der Waals surface area contributed by atoms with Crippen LogP contribution in [0, 0.1) is 0 Å². The fourth-order valence-corrected chi connectivity index (χ4v) is 2.19. The van der Waals surface area contributed by atoms with Crippen LogP contribution in [-0.2, 0) is 0 Å². The van der Waals surface area contributed by atoms with E-state index in [2.05, 4.69) is 4.98 Å². The molecule has 1 fully saturated rings. The van der Waals surface area contributed by atoms with Gasteiger partial charge in [-0.25, -0.2) is 0 Å². The minimum Gasteiger partial charge on any atom is -0.393 e. The van der Waals surface area contributed by atoms with E-state index < -0.39 is 5.60 Å². The van der Waals surface area contributed by atoms with E-state index in [4.69, 9.17) is 5.11 Å². The molecule has 1 aromatic rings. The van der Waals surface area contributed by atoms with Gasteiger partial charge in [0.25, 0.3) is 5.91 Å². The number of carbonyl (C=O) groups is 1. The molecule has 5 nitrogen and oxygen atoms in total. The van der Waals surface area contributed by atoms with E-state index in [1.54, 1.807) is 29.3 Å². The number of aliphatic hydroxyl groups excluding tert-OH is 1. The molecule has 1 saturated heterocycles. The molecular formula is C13H18N2O3. The van der Waals surface area contributed by atoms with Gasteiger partial charge in [-0.1, -0.05) is 6.07 Å². The molecule has 0 aliphatic carbocycles. The normalized spacial score (nSPS) is 24.7. The molecule has 0 unspecified atom stereocenters. The number of aromatic nitrogens is 1. The highest BCUT2D eigenvalue weighted by molar-refractivity contribution is 5.92. The number of carbonyl (C=O) groups excluding carboxylic acids is 1. The van der Waals surface area contributed by atoms with Gasteiger partial charge in [0.15, 0.2) is 0 Å². The SMILES string of the molecule is O=C(c1ccccn1)N1CCC[C@@](O)(CO)CC1. The number of amides is 1. The zero-order chi connectivity index (χ0) is 13.0. The first kappa shape index (κ1) is 13.0. The van der Waals surface area contributed by atoms with Gasteiger partial charge >= 0.3 is 0 Å². The Morgan fingerprint density at radius 3 is 2.89 bits per heavy atom. The van der Waals surface area contributed by atoms with Crippen molar-refractivity contribution in [2.24, 2.45) is 0 Å². The summed E-state index contributed by atoms with van der Waals surface area (Å²) in [5.41, 5.74) is -0.619. The molecule has 18 heavy (non-hydrogen) atoms. The van der Waals surface area contributed by atoms with Crippen molar-refractivity contribution in [3.8, 4) is 0 Å². The van der Waals surface area contributed by atoms with Gasteiger partial charge in [-0.05, 0) is 31.4 Å². The second-order valence-corrected chi connectivity index (χ2v) is 4.74. The second-order valence-electron chi connectivity index (χ2n) is 4.74. The average molecular weight is 250 g/mol. The van der Waals surface area contributed by atoms with Gasteiger partial charge in [-0.2, -0.15) is 0 Å². The molecule has 2 heterocycles. The van der Waals surface area contributed by atoms with Gasteiger partial charge < -0.3 is 15.1 Å². The average Bonchev–Trinajstić information content (AvgIpc) is 2.62. The zero-order valence-corrected chi connectivity index (χ0v) is 10.2. The van der Waals surface area contributed by atoms with Crippen molar-refractivity contribution >= 4 is 5.91 Å². The van der Waals surface area contributed by atoms with Crippen LogP contribution < -0.4 is 0 Å². The molecule has 2 N–H and O–H groups in total. The van der Waals surface area contributed by atoms with E-state index in [9.17, 15) is 9.90 Å². The third-order valence-electron chi connectivity index (χ3n) is 3.38. The van der Waals surface area contributed by atoms with Crippen LogP contribution in [0.1, 0.15) is 29.8 Å². The van der Waals surface area contributed by atoms with E-state index in [1.807, 2.05) is 0 Å². The number of rotatable bonds is 2. The monoisotopic (exact) mass is 250 g/mol. The first-order chi connectivity index (χ1) is 8.64. The maximum absolute atomic E-state index is 12.2. The fraction of sp³-hybridized carbons (Fsp3) is 0.538. The number of pyridine rings is 1. The first-order valence-electron chi connectivity index (χ1n) is 6.18. The van der Waals surface area contributed by atoms with Gasteiger partial charge in [0.2, 0.25) is 0 Å². The number of hydrogen-bond acceptors (Lipinski definition) is 4. The Kier molecular flexibility index (Phi) is 3.93. The number of hydrogen-bond donors (Lipinski definition) is 2. The lowest BCUT2D eigenvalue weighted by Gasteiger charge is -2.24. The van der Waals surface area contributed by atoms with E-state index in [1.165, 1.54) is 0 Å². The summed E-state index contributed by atoms with van der Waals surface area (Å²) in [6, 6.07) is 5.23. The molecule has 0 radical (unpaired) electrons. The second kappa shape index (κ2) is 5.46. The predicted molar refractivity (Wildman–Crippen MR) is 66.0 cm³/mol. The molecule has 0 spiro atoms. The van der Waals surface area contributed by atoms with Crippen LogP contribution in [0.3, 0.4) is 0 Å². The third-order valence-corrected chi connectivity index (χ3v) is 3.38. The zero-order valence-electron chi connectivity index (χ0n) is 10.2. The number of aliphatic hydroxyl groups is 2. The molecule has 1 atom stereocenters. The Bertz CT molecular complexity index is 410. The lowest BCUT2D eigenvalue weighted by Crippen LogP contribution is -2.36. The molecule has 0 bridgehead atoms. The minimum atomic E-state index is -1.04. The van der Waals surface area contributed by atoms with Crippen LogP contribution >= 0.6 is 0 Å². The quantitative estimate of drug-likeness (QED) is 0.798. The summed E-state index contributed by atoms with van der Waals surface area (Å²) in [5.74, 6) is -0.113. The van der Waals surface area contributed by atoms with Crippen LogP contribution in [0.5, 0.6) is 0 Å². The molecule has 1 aromatic heterocycles. The van der Waals surface area contributed by atoms with Gasteiger partial charge in [0.1, 0.15) is 5.69 Å². The predicted octanol–water partition coefficient (Wildman–Crippen LogP) is 0.431. The maximum atomic E-state index is 12.2. The smallest absolute Gasteiger partial charge is 0.272 e. The largest absolute Gasteiger partial charge is 0.393 e. The van der Waals surface area contributed by atoms with Crippen molar-refractivity contribution in [3.05, 3.63) is 30.1 Å². The number of nitrogens with zero attached hydrogens (tertiary/aromatic N) is 2. The summed E-state index contributed by atoms with van der Waals surface area (Å²) >= 11 is 0. The van der Waals surface area contributed by atoms with Crippen LogP contribution in [0.2, 0.25) is 0 Å². The Morgan fingerprint density at radius 1 is 1.39 bits per heavy atom. The maximum Gasteiger partial charge on any atom is 0.272 e. The molecule has 5 heteroatoms. The molecule has 0 saturated carbocycles. The van der Waals surface area contributed by atoms with Crippen molar-refractivity contribution < 1.29 is 15.0 Å². The van der Waals surface area contributed by atoms with Gasteiger partial charge in [0.05, 0.1) is 12.2 Å².